The SMILES string of the molecule is CCOCCCS(=O)(=O)N(CCC1CCCCC1)Cc1ccc(C(=O)N[C@@H](CCSC)C(=O)O)c(-c2ccccc2C)c1. The van der Waals surface area contributed by atoms with Gasteiger partial charge in [0, 0.05) is 31.9 Å². The van der Waals surface area contributed by atoms with E-state index in [-0.39, 0.29) is 12.3 Å². The molecule has 10 heteroatoms. The van der Waals surface area contributed by atoms with Gasteiger partial charge in [-0.15, -0.1) is 0 Å². The Hall–Kier alpha value is -2.40. The number of aryl methyl sites for hydroxylation is 1. The largest absolute Gasteiger partial charge is 0.480 e. The predicted octanol–water partition coefficient (Wildman–Crippen LogP) is 6.13. The lowest BCUT2D eigenvalue weighted by Gasteiger charge is -2.27. The fraction of sp³-hybridized carbons (Fsp3) is 0.576. The molecule has 1 saturated carbocycles. The molecule has 0 radical (unpaired) electrons. The van der Waals surface area contributed by atoms with Crippen molar-refractivity contribution in [2.45, 2.75) is 77.8 Å². The number of carboxylic acid groups (broad SMARTS) is 1. The summed E-state index contributed by atoms with van der Waals surface area (Å²) in [6.07, 6.45) is 9.44. The van der Waals surface area contributed by atoms with Crippen molar-refractivity contribution in [1.29, 1.82) is 0 Å². The Bertz CT molecular complexity index is 1290. The maximum absolute atomic E-state index is 13.6. The molecule has 3 rings (SSSR count). The first-order chi connectivity index (χ1) is 20.7. The van der Waals surface area contributed by atoms with E-state index in [1.165, 1.54) is 31.0 Å². The highest BCUT2D eigenvalue weighted by Gasteiger charge is 2.26. The van der Waals surface area contributed by atoms with E-state index in [1.807, 2.05) is 50.4 Å². The summed E-state index contributed by atoms with van der Waals surface area (Å²) in [5.41, 5.74) is 3.61. The summed E-state index contributed by atoms with van der Waals surface area (Å²) in [5.74, 6) is -0.362. The van der Waals surface area contributed by atoms with Crippen LogP contribution < -0.4 is 5.32 Å². The quantitative estimate of drug-likeness (QED) is 0.190. The molecule has 1 aliphatic rings. The first kappa shape index (κ1) is 35.1. The first-order valence-electron chi connectivity index (χ1n) is 15.4. The summed E-state index contributed by atoms with van der Waals surface area (Å²) >= 11 is 1.53. The van der Waals surface area contributed by atoms with Gasteiger partial charge in [-0.1, -0.05) is 62.4 Å². The number of hydrogen-bond acceptors (Lipinski definition) is 6. The van der Waals surface area contributed by atoms with Gasteiger partial charge in [-0.05, 0) is 85.4 Å². The van der Waals surface area contributed by atoms with E-state index < -0.39 is 27.9 Å². The van der Waals surface area contributed by atoms with Crippen LogP contribution in [-0.2, 0) is 26.1 Å². The van der Waals surface area contributed by atoms with Crippen LogP contribution in [0.15, 0.2) is 42.5 Å². The third-order valence-electron chi connectivity index (χ3n) is 8.14. The number of nitrogens with one attached hydrogen (secondary N) is 1. The molecule has 2 aromatic rings. The van der Waals surface area contributed by atoms with Gasteiger partial charge in [-0.2, -0.15) is 16.1 Å². The molecule has 1 fully saturated rings. The lowest BCUT2D eigenvalue weighted by Crippen LogP contribution is -2.41. The molecule has 1 atom stereocenters. The molecule has 0 aliphatic heterocycles. The van der Waals surface area contributed by atoms with Crippen molar-refractivity contribution in [3.8, 4) is 11.1 Å². The van der Waals surface area contributed by atoms with Crippen LogP contribution in [0.2, 0.25) is 0 Å². The van der Waals surface area contributed by atoms with Crippen molar-refractivity contribution >= 4 is 33.7 Å². The Morgan fingerprint density at radius 2 is 1.86 bits per heavy atom. The van der Waals surface area contributed by atoms with Gasteiger partial charge in [-0.25, -0.2) is 13.2 Å². The van der Waals surface area contributed by atoms with Crippen LogP contribution in [0.5, 0.6) is 0 Å². The summed E-state index contributed by atoms with van der Waals surface area (Å²) in [7, 11) is -3.54. The molecule has 8 nitrogen and oxygen atoms in total. The second-order valence-electron chi connectivity index (χ2n) is 11.3. The van der Waals surface area contributed by atoms with Crippen molar-refractivity contribution < 1.29 is 27.9 Å². The maximum atomic E-state index is 13.6. The zero-order valence-corrected chi connectivity index (χ0v) is 27.5. The molecule has 1 amide bonds. The standard InChI is InChI=1S/C33H48N2O6S2/c1-4-41-20-10-22-43(39,40)35(19-17-26-12-6-5-7-13-26)24-27-15-16-29(30(23-27)28-14-9-8-11-25(28)2)32(36)34-31(33(37)38)18-21-42-3/h8-9,11,14-16,23,26,31H,4-7,10,12-13,17-22,24H2,1-3H3,(H,34,36)(H,37,38)/t31-/m0/s1. The second-order valence-corrected chi connectivity index (χ2v) is 14.4. The molecule has 0 spiro atoms. The van der Waals surface area contributed by atoms with E-state index in [2.05, 4.69) is 5.32 Å². The second kappa shape index (κ2) is 17.8. The van der Waals surface area contributed by atoms with Gasteiger partial charge in [0.1, 0.15) is 6.04 Å². The van der Waals surface area contributed by atoms with Crippen LogP contribution in [0.4, 0.5) is 0 Å². The highest BCUT2D eigenvalue weighted by atomic mass is 32.2. The maximum Gasteiger partial charge on any atom is 0.326 e. The molecular weight excluding hydrogens is 585 g/mol. The molecule has 2 aromatic carbocycles. The van der Waals surface area contributed by atoms with Crippen molar-refractivity contribution in [2.75, 3.05) is 37.5 Å². The lowest BCUT2D eigenvalue weighted by molar-refractivity contribution is -0.139. The highest BCUT2D eigenvalue weighted by molar-refractivity contribution is 7.98. The highest BCUT2D eigenvalue weighted by Crippen LogP contribution is 2.30. The minimum absolute atomic E-state index is 0.0232. The third kappa shape index (κ3) is 10.9. The van der Waals surface area contributed by atoms with Crippen LogP contribution in [0, 0.1) is 12.8 Å². The van der Waals surface area contributed by atoms with Gasteiger partial charge in [0.2, 0.25) is 10.0 Å². The number of rotatable bonds is 18. The minimum Gasteiger partial charge on any atom is -0.480 e. The molecule has 43 heavy (non-hydrogen) atoms. The monoisotopic (exact) mass is 632 g/mol. The van der Waals surface area contributed by atoms with Gasteiger partial charge < -0.3 is 15.2 Å². The van der Waals surface area contributed by atoms with Gasteiger partial charge in [0.05, 0.1) is 5.75 Å². The number of benzene rings is 2. The number of ether oxygens (including phenoxy) is 1. The Balaban J connectivity index is 1.93. The summed E-state index contributed by atoms with van der Waals surface area (Å²) in [4.78, 5) is 25.3. The number of carbonyl (C=O) groups excluding carboxylic acids is 1. The van der Waals surface area contributed by atoms with Gasteiger partial charge >= 0.3 is 5.97 Å². The molecule has 0 heterocycles. The van der Waals surface area contributed by atoms with E-state index in [0.717, 1.165) is 36.0 Å². The van der Waals surface area contributed by atoms with Gasteiger partial charge in [-0.3, -0.25) is 4.79 Å². The fourth-order valence-corrected chi connectivity index (χ4v) is 7.60. The van der Waals surface area contributed by atoms with E-state index in [1.54, 1.807) is 16.4 Å². The molecule has 0 bridgehead atoms. The Morgan fingerprint density at radius 3 is 2.53 bits per heavy atom. The number of carbonyl (C=O) groups is 2. The zero-order chi connectivity index (χ0) is 31.2. The van der Waals surface area contributed by atoms with Crippen LogP contribution in [0.25, 0.3) is 11.1 Å². The smallest absolute Gasteiger partial charge is 0.326 e. The summed E-state index contributed by atoms with van der Waals surface area (Å²) in [5, 5.41) is 12.4. The summed E-state index contributed by atoms with van der Waals surface area (Å²) in [6.45, 7) is 5.48. The summed E-state index contributed by atoms with van der Waals surface area (Å²) < 4.78 is 34.2. The molecule has 1 aliphatic carbocycles. The fourth-order valence-electron chi connectivity index (χ4n) is 5.65. The van der Waals surface area contributed by atoms with Crippen LogP contribution in [0.3, 0.4) is 0 Å². The number of thioether (sulfide) groups is 1. The normalized spacial score (nSPS) is 15.0. The Morgan fingerprint density at radius 1 is 1.12 bits per heavy atom. The molecule has 2 N–H and O–H groups in total. The molecule has 0 saturated heterocycles. The molecule has 0 unspecified atom stereocenters. The van der Waals surface area contributed by atoms with Crippen molar-refractivity contribution in [2.24, 2.45) is 5.92 Å². The lowest BCUT2D eigenvalue weighted by atomic mass is 9.87. The first-order valence-corrected chi connectivity index (χ1v) is 18.4. The topological polar surface area (TPSA) is 113 Å². The van der Waals surface area contributed by atoms with E-state index in [4.69, 9.17) is 4.74 Å². The van der Waals surface area contributed by atoms with Crippen molar-refractivity contribution in [3.63, 3.8) is 0 Å². The predicted molar refractivity (Wildman–Crippen MR) is 175 cm³/mol. The number of hydrogen-bond donors (Lipinski definition) is 2. The average Bonchev–Trinajstić information content (AvgIpc) is 3.00. The van der Waals surface area contributed by atoms with Gasteiger partial charge in [0.25, 0.3) is 5.91 Å². The van der Waals surface area contributed by atoms with Gasteiger partial charge in [0.15, 0.2) is 0 Å². The van der Waals surface area contributed by atoms with E-state index >= 15 is 0 Å². The van der Waals surface area contributed by atoms with Crippen molar-refractivity contribution in [3.05, 3.63) is 59.2 Å². The van der Waals surface area contributed by atoms with Crippen LogP contribution in [-0.4, -0.2) is 73.3 Å². The number of sulfonamides is 1. The van der Waals surface area contributed by atoms with E-state index in [0.29, 0.717) is 55.4 Å². The van der Waals surface area contributed by atoms with Crippen molar-refractivity contribution in [1.82, 2.24) is 9.62 Å². The number of aliphatic carboxylic acids is 1. The third-order valence-corrected chi connectivity index (χ3v) is 10.7. The molecule has 238 valence electrons. The van der Waals surface area contributed by atoms with Crippen LogP contribution in [0.1, 0.15) is 79.8 Å². The average molecular weight is 633 g/mol. The number of amides is 1. The zero-order valence-electron chi connectivity index (χ0n) is 25.8. The molecule has 0 aromatic heterocycles. The number of carboxylic acids is 1. The summed E-state index contributed by atoms with van der Waals surface area (Å²) in [6, 6.07) is 12.1. The Labute approximate surface area is 262 Å². The number of nitrogens with zero attached hydrogens (tertiary/aromatic N) is 1. The van der Waals surface area contributed by atoms with Crippen LogP contribution >= 0.6 is 11.8 Å². The minimum atomic E-state index is -3.54. The molecular formula is C33H48N2O6S2. The Kier molecular flexibility index (Phi) is 14.5. The van der Waals surface area contributed by atoms with E-state index in [9.17, 15) is 23.1 Å².